The van der Waals surface area contributed by atoms with Crippen LogP contribution in [0.5, 0.6) is 0 Å². The number of para-hydroxylation sites is 1. The maximum absolute atomic E-state index is 12.0. The Morgan fingerprint density at radius 1 is 1.10 bits per heavy atom. The fourth-order valence-electron chi connectivity index (χ4n) is 2.04. The third-order valence-corrected chi connectivity index (χ3v) is 3.33. The van der Waals surface area contributed by atoms with E-state index in [0.29, 0.717) is 6.42 Å². The highest BCUT2D eigenvalue weighted by atomic mass is 16.2. The van der Waals surface area contributed by atoms with Crippen LogP contribution in [0.1, 0.15) is 17.5 Å². The summed E-state index contributed by atoms with van der Waals surface area (Å²) in [5.74, 6) is -0.129. The van der Waals surface area contributed by atoms with E-state index in [4.69, 9.17) is 5.73 Å². The third kappa shape index (κ3) is 3.93. The number of hydrogen-bond donors (Lipinski definition) is 2. The molecule has 1 amide bonds. The van der Waals surface area contributed by atoms with Gasteiger partial charge in [-0.1, -0.05) is 48.5 Å². The molecule has 0 aliphatic carbocycles. The van der Waals surface area contributed by atoms with Crippen LogP contribution in [-0.2, 0) is 11.2 Å². The van der Waals surface area contributed by atoms with Crippen molar-refractivity contribution in [2.75, 3.05) is 5.32 Å². The Hall–Kier alpha value is -2.13. The van der Waals surface area contributed by atoms with Gasteiger partial charge in [0.25, 0.3) is 0 Å². The average Bonchev–Trinajstić information content (AvgIpc) is 2.48. The second-order valence-corrected chi connectivity index (χ2v) is 4.93. The zero-order valence-corrected chi connectivity index (χ0v) is 11.7. The van der Waals surface area contributed by atoms with Gasteiger partial charge in [0.1, 0.15) is 0 Å². The molecular weight excluding hydrogens is 248 g/mol. The number of carbonyl (C=O) groups excluding carboxylic acids is 1. The summed E-state index contributed by atoms with van der Waals surface area (Å²) >= 11 is 0. The molecule has 3 N–H and O–H groups in total. The molecule has 2 aromatic carbocycles. The molecule has 0 unspecified atom stereocenters. The van der Waals surface area contributed by atoms with Crippen molar-refractivity contribution in [2.24, 2.45) is 5.73 Å². The molecule has 0 radical (unpaired) electrons. The smallest absolute Gasteiger partial charge is 0.241 e. The van der Waals surface area contributed by atoms with E-state index in [-0.39, 0.29) is 5.91 Å². The lowest BCUT2D eigenvalue weighted by molar-refractivity contribution is -0.117. The summed E-state index contributed by atoms with van der Waals surface area (Å²) < 4.78 is 0. The number of carbonyl (C=O) groups is 1. The average molecular weight is 268 g/mol. The van der Waals surface area contributed by atoms with Crippen LogP contribution in [0, 0.1) is 6.92 Å². The monoisotopic (exact) mass is 268 g/mol. The summed E-state index contributed by atoms with van der Waals surface area (Å²) in [5, 5.41) is 2.88. The molecule has 0 spiro atoms. The van der Waals surface area contributed by atoms with Gasteiger partial charge in [0.05, 0.1) is 6.04 Å². The molecule has 0 saturated carbocycles. The summed E-state index contributed by atoms with van der Waals surface area (Å²) in [6, 6.07) is 17.3. The maximum atomic E-state index is 12.0. The molecule has 1 atom stereocenters. The predicted molar refractivity (Wildman–Crippen MR) is 82.5 cm³/mol. The summed E-state index contributed by atoms with van der Waals surface area (Å²) in [5.41, 5.74) is 9.02. The Morgan fingerprint density at radius 3 is 2.45 bits per heavy atom. The van der Waals surface area contributed by atoms with Gasteiger partial charge < -0.3 is 11.1 Å². The van der Waals surface area contributed by atoms with Crippen molar-refractivity contribution in [3.05, 3.63) is 65.7 Å². The minimum Gasteiger partial charge on any atom is -0.324 e. The molecule has 0 bridgehead atoms. The van der Waals surface area contributed by atoms with E-state index in [0.717, 1.165) is 17.7 Å². The third-order valence-electron chi connectivity index (χ3n) is 3.33. The first-order valence-electron chi connectivity index (χ1n) is 6.83. The van der Waals surface area contributed by atoms with Crippen molar-refractivity contribution < 1.29 is 4.79 Å². The fraction of sp³-hybridized carbons (Fsp3) is 0.235. The van der Waals surface area contributed by atoms with E-state index in [1.54, 1.807) is 0 Å². The molecular formula is C17H20N2O. The Balaban J connectivity index is 1.88. The van der Waals surface area contributed by atoms with Gasteiger partial charge in [0.15, 0.2) is 0 Å². The van der Waals surface area contributed by atoms with Crippen LogP contribution in [0.2, 0.25) is 0 Å². The van der Waals surface area contributed by atoms with Gasteiger partial charge in [-0.05, 0) is 37.0 Å². The second-order valence-electron chi connectivity index (χ2n) is 4.93. The molecule has 0 fully saturated rings. The van der Waals surface area contributed by atoms with Crippen LogP contribution in [0.4, 0.5) is 5.69 Å². The van der Waals surface area contributed by atoms with Gasteiger partial charge >= 0.3 is 0 Å². The molecule has 2 rings (SSSR count). The van der Waals surface area contributed by atoms with E-state index < -0.39 is 6.04 Å². The van der Waals surface area contributed by atoms with E-state index in [1.807, 2.05) is 61.5 Å². The molecule has 2 aromatic rings. The van der Waals surface area contributed by atoms with E-state index in [2.05, 4.69) is 5.32 Å². The Morgan fingerprint density at radius 2 is 1.75 bits per heavy atom. The minimum absolute atomic E-state index is 0.129. The number of aryl methyl sites for hydroxylation is 2. The molecule has 3 heteroatoms. The molecule has 104 valence electrons. The largest absolute Gasteiger partial charge is 0.324 e. The van der Waals surface area contributed by atoms with E-state index in [1.165, 1.54) is 5.56 Å². The Bertz CT molecular complexity index is 566. The number of nitrogens with one attached hydrogen (secondary N) is 1. The number of benzene rings is 2. The number of amides is 1. The first-order chi connectivity index (χ1) is 9.66. The second kappa shape index (κ2) is 6.87. The van der Waals surface area contributed by atoms with Crippen LogP contribution in [-0.4, -0.2) is 11.9 Å². The van der Waals surface area contributed by atoms with Crippen LogP contribution in [0.3, 0.4) is 0 Å². The standard InChI is InChI=1S/C17H20N2O/c1-13-7-5-6-10-16(13)19-17(20)15(18)12-11-14-8-3-2-4-9-14/h2-10,15H,11-12,18H2,1H3,(H,19,20)/t15-/m0/s1. The lowest BCUT2D eigenvalue weighted by atomic mass is 10.1. The quantitative estimate of drug-likeness (QED) is 0.876. The highest BCUT2D eigenvalue weighted by molar-refractivity contribution is 5.95. The van der Waals surface area contributed by atoms with Crippen LogP contribution >= 0.6 is 0 Å². The Kier molecular flexibility index (Phi) is 4.91. The minimum atomic E-state index is -0.491. The predicted octanol–water partition coefficient (Wildman–Crippen LogP) is 2.89. The van der Waals surface area contributed by atoms with Gasteiger partial charge in [0, 0.05) is 5.69 Å². The zero-order chi connectivity index (χ0) is 14.4. The van der Waals surface area contributed by atoms with Crippen LogP contribution in [0.15, 0.2) is 54.6 Å². The van der Waals surface area contributed by atoms with Crippen LogP contribution < -0.4 is 11.1 Å². The number of anilines is 1. The van der Waals surface area contributed by atoms with Crippen molar-refractivity contribution >= 4 is 11.6 Å². The topological polar surface area (TPSA) is 55.1 Å². The first-order valence-corrected chi connectivity index (χ1v) is 6.83. The lowest BCUT2D eigenvalue weighted by Crippen LogP contribution is -2.36. The van der Waals surface area contributed by atoms with E-state index in [9.17, 15) is 4.79 Å². The fourth-order valence-corrected chi connectivity index (χ4v) is 2.04. The summed E-state index contributed by atoms with van der Waals surface area (Å²) in [7, 11) is 0. The maximum Gasteiger partial charge on any atom is 0.241 e. The van der Waals surface area contributed by atoms with Crippen molar-refractivity contribution in [1.82, 2.24) is 0 Å². The normalized spacial score (nSPS) is 11.9. The zero-order valence-electron chi connectivity index (χ0n) is 11.7. The Labute approximate surface area is 119 Å². The summed E-state index contributed by atoms with van der Waals surface area (Å²) in [4.78, 5) is 12.0. The molecule has 0 heterocycles. The van der Waals surface area contributed by atoms with Crippen molar-refractivity contribution in [3.8, 4) is 0 Å². The molecule has 0 aliphatic heterocycles. The highest BCUT2D eigenvalue weighted by Crippen LogP contribution is 2.14. The molecule has 0 aromatic heterocycles. The van der Waals surface area contributed by atoms with Crippen molar-refractivity contribution in [2.45, 2.75) is 25.8 Å². The van der Waals surface area contributed by atoms with Gasteiger partial charge in [-0.25, -0.2) is 0 Å². The SMILES string of the molecule is Cc1ccccc1NC(=O)[C@@H](N)CCc1ccccc1. The van der Waals surface area contributed by atoms with Gasteiger partial charge in [0.2, 0.25) is 5.91 Å². The molecule has 0 aliphatic rings. The number of rotatable bonds is 5. The highest BCUT2D eigenvalue weighted by Gasteiger charge is 2.14. The van der Waals surface area contributed by atoms with Gasteiger partial charge in [-0.2, -0.15) is 0 Å². The van der Waals surface area contributed by atoms with Crippen molar-refractivity contribution in [3.63, 3.8) is 0 Å². The van der Waals surface area contributed by atoms with Crippen LogP contribution in [0.25, 0.3) is 0 Å². The van der Waals surface area contributed by atoms with E-state index >= 15 is 0 Å². The number of nitrogens with two attached hydrogens (primary N) is 1. The number of hydrogen-bond acceptors (Lipinski definition) is 2. The summed E-state index contributed by atoms with van der Waals surface area (Å²) in [6.07, 6.45) is 1.45. The van der Waals surface area contributed by atoms with Gasteiger partial charge in [-0.3, -0.25) is 4.79 Å². The van der Waals surface area contributed by atoms with Gasteiger partial charge in [-0.15, -0.1) is 0 Å². The van der Waals surface area contributed by atoms with Crippen molar-refractivity contribution in [1.29, 1.82) is 0 Å². The first kappa shape index (κ1) is 14.3. The molecule has 20 heavy (non-hydrogen) atoms. The lowest BCUT2D eigenvalue weighted by Gasteiger charge is -2.13. The molecule has 0 saturated heterocycles. The summed E-state index contributed by atoms with van der Waals surface area (Å²) in [6.45, 7) is 1.96. The molecule has 3 nitrogen and oxygen atoms in total.